The summed E-state index contributed by atoms with van der Waals surface area (Å²) in [5, 5.41) is 0. The maximum Gasteiger partial charge on any atom is 1.00 e. The Morgan fingerprint density at radius 2 is 1.87 bits per heavy atom. The van der Waals surface area contributed by atoms with E-state index < -0.39 is 10.1 Å². The molecule has 0 aliphatic carbocycles. The van der Waals surface area contributed by atoms with E-state index in [0.29, 0.717) is 13.0 Å². The fourth-order valence-electron chi connectivity index (χ4n) is 0.907. The molecule has 0 atom stereocenters. The van der Waals surface area contributed by atoms with E-state index in [9.17, 15) is 8.42 Å². The van der Waals surface area contributed by atoms with Crippen LogP contribution in [0.3, 0.4) is 0 Å². The molecule has 0 aliphatic rings. The largest absolute Gasteiger partial charge is 1.00 e. The van der Waals surface area contributed by atoms with E-state index in [-0.39, 0.29) is 64.3 Å². The van der Waals surface area contributed by atoms with Crippen molar-refractivity contribution in [3.8, 4) is 0 Å². The molecule has 1 aromatic rings. The van der Waals surface area contributed by atoms with Crippen molar-refractivity contribution in [3.63, 3.8) is 0 Å². The van der Waals surface area contributed by atoms with Crippen LogP contribution in [0, 0.1) is 0 Å². The van der Waals surface area contributed by atoms with Crippen molar-refractivity contribution < 1.29 is 65.4 Å². The second-order valence-electron chi connectivity index (χ2n) is 2.73. The third-order valence-corrected chi connectivity index (χ3v) is 2.95. The molecule has 1 aromatic carbocycles. The van der Waals surface area contributed by atoms with E-state index in [1.165, 1.54) is 12.1 Å². The first-order chi connectivity index (χ1) is 6.67. The minimum absolute atomic E-state index is 0. The van der Waals surface area contributed by atoms with Gasteiger partial charge in [0.2, 0.25) is 0 Å². The molecule has 0 aliphatic heterocycles. The molecule has 0 saturated heterocycles. The molecule has 0 amide bonds. The summed E-state index contributed by atoms with van der Waals surface area (Å²) >= 11 is 0. The van der Waals surface area contributed by atoms with Crippen LogP contribution in [0.25, 0.3) is 0 Å². The molecule has 0 unspecified atom stereocenters. The van der Waals surface area contributed by atoms with Gasteiger partial charge in [0.15, 0.2) is 0 Å². The van der Waals surface area contributed by atoms with Crippen molar-refractivity contribution in [3.05, 3.63) is 30.3 Å². The van der Waals surface area contributed by atoms with E-state index >= 15 is 0 Å². The van der Waals surface area contributed by atoms with Crippen LogP contribution in [0.5, 0.6) is 0 Å². The predicted molar refractivity (Wildman–Crippen MR) is 54.4 cm³/mol. The summed E-state index contributed by atoms with van der Waals surface area (Å²) in [6.07, 6.45) is 0.534. The standard InChI is InChI=1S/C9H13NO3S.K.H/c10-7-4-8-13-14(11,12)9-5-2-1-3-6-9;;/h1-3,5-6H,4,7-8,10H2;;/q;+1;-1. The summed E-state index contributed by atoms with van der Waals surface area (Å²) in [4.78, 5) is 0.178. The summed E-state index contributed by atoms with van der Waals surface area (Å²) in [6, 6.07) is 8.05. The van der Waals surface area contributed by atoms with Crippen molar-refractivity contribution in [2.75, 3.05) is 13.2 Å². The van der Waals surface area contributed by atoms with E-state index in [4.69, 9.17) is 9.92 Å². The monoisotopic (exact) mass is 255 g/mol. The smallest absolute Gasteiger partial charge is 1.00 e. The van der Waals surface area contributed by atoms with Crippen LogP contribution < -0.4 is 57.1 Å². The SMILES string of the molecule is NCCCOS(=O)(=O)c1ccccc1.[H-].[K+]. The van der Waals surface area contributed by atoms with Gasteiger partial charge in [-0.05, 0) is 25.1 Å². The molecule has 6 heteroatoms. The van der Waals surface area contributed by atoms with E-state index in [0.717, 1.165) is 0 Å². The molecule has 15 heavy (non-hydrogen) atoms. The normalized spacial score (nSPS) is 10.7. The van der Waals surface area contributed by atoms with Crippen molar-refractivity contribution in [1.29, 1.82) is 0 Å². The topological polar surface area (TPSA) is 69.4 Å². The molecule has 0 fully saturated rings. The molecule has 1 rings (SSSR count). The Morgan fingerprint density at radius 3 is 2.40 bits per heavy atom. The Hall–Kier alpha value is 0.726. The Kier molecular flexibility index (Phi) is 8.30. The molecule has 80 valence electrons. The molecule has 0 aromatic heterocycles. The summed E-state index contributed by atoms with van der Waals surface area (Å²) in [5.74, 6) is 0. The van der Waals surface area contributed by atoms with Gasteiger partial charge in [-0.25, -0.2) is 0 Å². The molecule has 2 N–H and O–H groups in total. The van der Waals surface area contributed by atoms with Crippen molar-refractivity contribution in [2.45, 2.75) is 11.3 Å². The second kappa shape index (κ2) is 7.91. The summed E-state index contributed by atoms with van der Waals surface area (Å²) in [7, 11) is -3.59. The van der Waals surface area contributed by atoms with Gasteiger partial charge >= 0.3 is 51.4 Å². The zero-order valence-electron chi connectivity index (χ0n) is 9.72. The fourth-order valence-corrected chi connectivity index (χ4v) is 1.87. The Balaban J connectivity index is 0. The molecule has 4 nitrogen and oxygen atoms in total. The Bertz CT molecular complexity index is 372. The van der Waals surface area contributed by atoms with Gasteiger partial charge in [0.25, 0.3) is 10.1 Å². The van der Waals surface area contributed by atoms with Crippen LogP contribution in [0.15, 0.2) is 35.2 Å². The average Bonchev–Trinajstić information content (AvgIpc) is 2.19. The van der Waals surface area contributed by atoms with Crippen LogP contribution >= 0.6 is 0 Å². The maximum absolute atomic E-state index is 11.4. The van der Waals surface area contributed by atoms with Gasteiger partial charge in [0.05, 0.1) is 11.5 Å². The maximum atomic E-state index is 11.4. The van der Waals surface area contributed by atoms with Crippen LogP contribution in [-0.4, -0.2) is 21.6 Å². The first-order valence-electron chi connectivity index (χ1n) is 4.31. The van der Waals surface area contributed by atoms with E-state index in [1.54, 1.807) is 18.2 Å². The minimum Gasteiger partial charge on any atom is -1.00 e. The predicted octanol–water partition coefficient (Wildman–Crippen LogP) is -2.14. The Labute approximate surface area is 134 Å². The van der Waals surface area contributed by atoms with Crippen LogP contribution in [0.1, 0.15) is 7.85 Å². The van der Waals surface area contributed by atoms with Gasteiger partial charge in [0.1, 0.15) is 0 Å². The number of nitrogens with two attached hydrogens (primary N) is 1. The van der Waals surface area contributed by atoms with Crippen LogP contribution in [-0.2, 0) is 14.3 Å². The first-order valence-corrected chi connectivity index (χ1v) is 5.72. The van der Waals surface area contributed by atoms with Gasteiger partial charge in [-0.2, -0.15) is 8.42 Å². The van der Waals surface area contributed by atoms with Crippen molar-refractivity contribution >= 4 is 10.1 Å². The third-order valence-electron chi connectivity index (χ3n) is 1.62. The number of hydrogen-bond acceptors (Lipinski definition) is 4. The summed E-state index contributed by atoms with van der Waals surface area (Å²) in [6.45, 7) is 0.554. The van der Waals surface area contributed by atoms with Crippen molar-refractivity contribution in [2.24, 2.45) is 5.73 Å². The molecule has 0 bridgehead atoms. The summed E-state index contributed by atoms with van der Waals surface area (Å²) < 4.78 is 27.6. The van der Waals surface area contributed by atoms with Crippen LogP contribution in [0.4, 0.5) is 0 Å². The summed E-state index contributed by atoms with van der Waals surface area (Å²) in [5.41, 5.74) is 5.22. The molecule has 0 spiro atoms. The molecule has 0 heterocycles. The first kappa shape index (κ1) is 15.7. The number of hydrogen-bond donors (Lipinski definition) is 1. The van der Waals surface area contributed by atoms with Gasteiger partial charge < -0.3 is 7.16 Å². The van der Waals surface area contributed by atoms with Crippen molar-refractivity contribution in [1.82, 2.24) is 0 Å². The molecular weight excluding hydrogens is 241 g/mol. The fraction of sp³-hybridized carbons (Fsp3) is 0.333. The van der Waals surface area contributed by atoms with E-state index in [2.05, 4.69) is 0 Å². The minimum atomic E-state index is -3.59. The van der Waals surface area contributed by atoms with Gasteiger partial charge in [-0.15, -0.1) is 0 Å². The third kappa shape index (κ3) is 5.55. The number of benzene rings is 1. The van der Waals surface area contributed by atoms with E-state index in [1.807, 2.05) is 0 Å². The zero-order chi connectivity index (χ0) is 10.4. The average molecular weight is 255 g/mol. The Morgan fingerprint density at radius 1 is 1.27 bits per heavy atom. The van der Waals surface area contributed by atoms with Gasteiger partial charge in [0, 0.05) is 0 Å². The van der Waals surface area contributed by atoms with Gasteiger partial charge in [-0.1, -0.05) is 18.2 Å². The molecule has 0 saturated carbocycles. The molecular formula is C9H14KNO3S. The van der Waals surface area contributed by atoms with Gasteiger partial charge in [-0.3, -0.25) is 4.18 Å². The van der Waals surface area contributed by atoms with Crippen LogP contribution in [0.2, 0.25) is 0 Å². The zero-order valence-corrected chi connectivity index (χ0v) is 12.7. The number of rotatable bonds is 5. The second-order valence-corrected chi connectivity index (χ2v) is 4.35. The quantitative estimate of drug-likeness (QED) is 0.370. The molecule has 0 radical (unpaired) electrons.